The average molecular weight is 327 g/mol. The van der Waals surface area contributed by atoms with Crippen LogP contribution in [0.15, 0.2) is 30.3 Å². The molecule has 1 heterocycles. The smallest absolute Gasteiger partial charge is 0.227 e. The molecule has 4 nitrogen and oxygen atoms in total. The Hall–Kier alpha value is -2.10. The number of hydrogen-bond acceptors (Lipinski definition) is 2. The first-order valence-corrected chi connectivity index (χ1v) is 8.82. The Morgan fingerprint density at radius 1 is 1.21 bits per heavy atom. The molecule has 0 spiro atoms. The van der Waals surface area contributed by atoms with Crippen LogP contribution < -0.4 is 4.90 Å². The van der Waals surface area contributed by atoms with Crippen molar-refractivity contribution in [2.75, 3.05) is 11.4 Å². The molecule has 1 amide bonds. The second-order valence-corrected chi connectivity index (χ2v) is 6.70. The maximum absolute atomic E-state index is 12.7. The molecule has 0 N–H and O–H groups in total. The van der Waals surface area contributed by atoms with Crippen LogP contribution in [-0.2, 0) is 17.8 Å². The molecule has 1 aromatic heterocycles. The van der Waals surface area contributed by atoms with Crippen LogP contribution in [0, 0.1) is 19.8 Å². The van der Waals surface area contributed by atoms with Crippen molar-refractivity contribution in [3.8, 4) is 0 Å². The van der Waals surface area contributed by atoms with E-state index in [0.29, 0.717) is 18.9 Å². The van der Waals surface area contributed by atoms with Crippen molar-refractivity contribution in [3.63, 3.8) is 0 Å². The Morgan fingerprint density at radius 2 is 1.88 bits per heavy atom. The van der Waals surface area contributed by atoms with E-state index in [2.05, 4.69) is 30.6 Å². The van der Waals surface area contributed by atoms with Gasteiger partial charge in [0.05, 0.1) is 5.69 Å². The molecule has 1 aromatic carbocycles. The summed E-state index contributed by atoms with van der Waals surface area (Å²) in [7, 11) is 0. The van der Waals surface area contributed by atoms with E-state index in [1.165, 1.54) is 11.3 Å². The van der Waals surface area contributed by atoms with Gasteiger partial charge in [0.1, 0.15) is 0 Å². The standard InChI is InChI=1S/C20H29N3O/c1-6-22(18-10-8-7-9-11-18)20(24)13-12-19-16(4)21-23(17(19)5)14-15(2)3/h7-11,15H,6,12-14H2,1-5H3. The van der Waals surface area contributed by atoms with Crippen molar-refractivity contribution < 1.29 is 4.79 Å². The van der Waals surface area contributed by atoms with Gasteiger partial charge in [-0.15, -0.1) is 0 Å². The largest absolute Gasteiger partial charge is 0.313 e. The van der Waals surface area contributed by atoms with Crippen LogP contribution in [0.3, 0.4) is 0 Å². The molecule has 0 unspecified atom stereocenters. The third-order valence-corrected chi connectivity index (χ3v) is 4.34. The first-order chi connectivity index (χ1) is 11.4. The van der Waals surface area contributed by atoms with Gasteiger partial charge in [-0.1, -0.05) is 32.0 Å². The second kappa shape index (κ2) is 8.13. The molecule has 0 atom stereocenters. The van der Waals surface area contributed by atoms with Crippen molar-refractivity contribution in [1.29, 1.82) is 0 Å². The summed E-state index contributed by atoms with van der Waals surface area (Å²) < 4.78 is 2.08. The van der Waals surface area contributed by atoms with Crippen LogP contribution in [0.5, 0.6) is 0 Å². The van der Waals surface area contributed by atoms with E-state index in [1.54, 1.807) is 0 Å². The number of rotatable bonds is 7. The van der Waals surface area contributed by atoms with E-state index in [9.17, 15) is 4.79 Å². The molecule has 0 fully saturated rings. The van der Waals surface area contributed by atoms with E-state index >= 15 is 0 Å². The predicted molar refractivity (Wildman–Crippen MR) is 99.3 cm³/mol. The number of aryl methyl sites for hydroxylation is 1. The normalized spacial score (nSPS) is 11.1. The molecule has 0 radical (unpaired) electrons. The summed E-state index contributed by atoms with van der Waals surface area (Å²) in [6, 6.07) is 9.87. The molecule has 0 saturated carbocycles. The molecule has 2 aromatic rings. The van der Waals surface area contributed by atoms with Gasteiger partial charge in [-0.05, 0) is 50.8 Å². The lowest BCUT2D eigenvalue weighted by atomic mass is 10.1. The average Bonchev–Trinajstić information content (AvgIpc) is 2.80. The van der Waals surface area contributed by atoms with Crippen molar-refractivity contribution in [1.82, 2.24) is 9.78 Å². The Morgan fingerprint density at radius 3 is 2.46 bits per heavy atom. The fourth-order valence-electron chi connectivity index (χ4n) is 3.10. The Labute approximate surface area is 145 Å². The second-order valence-electron chi connectivity index (χ2n) is 6.70. The van der Waals surface area contributed by atoms with Crippen molar-refractivity contribution in [2.24, 2.45) is 5.92 Å². The van der Waals surface area contributed by atoms with Crippen molar-refractivity contribution in [2.45, 2.75) is 54.0 Å². The molecule has 0 aliphatic heterocycles. The minimum absolute atomic E-state index is 0.166. The number of carbonyl (C=O) groups is 1. The van der Waals surface area contributed by atoms with Crippen LogP contribution >= 0.6 is 0 Å². The Balaban J connectivity index is 2.07. The van der Waals surface area contributed by atoms with E-state index in [4.69, 9.17) is 0 Å². The summed E-state index contributed by atoms with van der Waals surface area (Å²) in [5, 5.41) is 4.64. The van der Waals surface area contributed by atoms with E-state index in [1.807, 2.05) is 49.1 Å². The van der Waals surface area contributed by atoms with Gasteiger partial charge in [-0.25, -0.2) is 0 Å². The Kier molecular flexibility index (Phi) is 6.18. The van der Waals surface area contributed by atoms with Crippen molar-refractivity contribution >= 4 is 11.6 Å². The third-order valence-electron chi connectivity index (χ3n) is 4.34. The number of carbonyl (C=O) groups excluding carboxylic acids is 1. The van der Waals surface area contributed by atoms with Crippen LogP contribution in [0.4, 0.5) is 5.69 Å². The fourth-order valence-corrected chi connectivity index (χ4v) is 3.10. The zero-order valence-electron chi connectivity index (χ0n) is 15.5. The lowest BCUT2D eigenvalue weighted by Gasteiger charge is -2.21. The zero-order valence-corrected chi connectivity index (χ0v) is 15.5. The Bertz CT molecular complexity index is 674. The summed E-state index contributed by atoms with van der Waals surface area (Å²) in [5.74, 6) is 0.727. The molecule has 130 valence electrons. The molecule has 0 aliphatic rings. The summed E-state index contributed by atoms with van der Waals surface area (Å²) in [4.78, 5) is 14.5. The molecular weight excluding hydrogens is 298 g/mol. The van der Waals surface area contributed by atoms with Crippen LogP contribution in [0.2, 0.25) is 0 Å². The number of nitrogens with zero attached hydrogens (tertiary/aromatic N) is 3. The highest BCUT2D eigenvalue weighted by atomic mass is 16.2. The molecule has 2 rings (SSSR count). The lowest BCUT2D eigenvalue weighted by molar-refractivity contribution is -0.118. The van der Waals surface area contributed by atoms with Gasteiger partial charge < -0.3 is 4.90 Å². The molecule has 4 heteroatoms. The van der Waals surface area contributed by atoms with Gasteiger partial charge in [0.15, 0.2) is 0 Å². The highest BCUT2D eigenvalue weighted by molar-refractivity contribution is 5.93. The maximum atomic E-state index is 12.7. The van der Waals surface area contributed by atoms with E-state index in [0.717, 1.165) is 24.3 Å². The van der Waals surface area contributed by atoms with E-state index in [-0.39, 0.29) is 5.91 Å². The monoisotopic (exact) mass is 327 g/mol. The zero-order chi connectivity index (χ0) is 17.7. The van der Waals surface area contributed by atoms with Gasteiger partial charge in [0, 0.05) is 30.9 Å². The molecular formula is C20H29N3O. The summed E-state index contributed by atoms with van der Waals surface area (Å²) in [5.41, 5.74) is 4.42. The van der Waals surface area contributed by atoms with Gasteiger partial charge >= 0.3 is 0 Å². The quantitative estimate of drug-likeness (QED) is 0.766. The van der Waals surface area contributed by atoms with Crippen LogP contribution in [0.25, 0.3) is 0 Å². The summed E-state index contributed by atoms with van der Waals surface area (Å²) in [6.07, 6.45) is 1.26. The van der Waals surface area contributed by atoms with E-state index < -0.39 is 0 Å². The molecule has 0 bridgehead atoms. The molecule has 0 aliphatic carbocycles. The van der Waals surface area contributed by atoms with Crippen LogP contribution in [-0.4, -0.2) is 22.2 Å². The van der Waals surface area contributed by atoms with Gasteiger partial charge in [-0.2, -0.15) is 5.10 Å². The number of hydrogen-bond donors (Lipinski definition) is 0. The summed E-state index contributed by atoms with van der Waals surface area (Å²) in [6.45, 7) is 12.2. The predicted octanol–water partition coefficient (Wildman–Crippen LogP) is 4.14. The topological polar surface area (TPSA) is 38.1 Å². The number of benzene rings is 1. The first kappa shape index (κ1) is 18.2. The highest BCUT2D eigenvalue weighted by Crippen LogP contribution is 2.19. The van der Waals surface area contributed by atoms with Gasteiger partial charge in [0.25, 0.3) is 0 Å². The fraction of sp³-hybridized carbons (Fsp3) is 0.500. The van der Waals surface area contributed by atoms with Gasteiger partial charge in [0.2, 0.25) is 5.91 Å². The molecule has 0 saturated heterocycles. The number of anilines is 1. The number of para-hydroxylation sites is 1. The number of amides is 1. The highest BCUT2D eigenvalue weighted by Gasteiger charge is 2.17. The maximum Gasteiger partial charge on any atom is 0.227 e. The van der Waals surface area contributed by atoms with Crippen LogP contribution in [0.1, 0.15) is 44.1 Å². The molecule has 24 heavy (non-hydrogen) atoms. The minimum atomic E-state index is 0.166. The van der Waals surface area contributed by atoms with Gasteiger partial charge in [-0.3, -0.25) is 9.48 Å². The SMILES string of the molecule is CCN(C(=O)CCc1c(C)nn(CC(C)C)c1C)c1ccccc1. The van der Waals surface area contributed by atoms with Crippen molar-refractivity contribution in [3.05, 3.63) is 47.3 Å². The number of aromatic nitrogens is 2. The third kappa shape index (κ3) is 4.25. The minimum Gasteiger partial charge on any atom is -0.313 e. The summed E-state index contributed by atoms with van der Waals surface area (Å²) >= 11 is 0. The first-order valence-electron chi connectivity index (χ1n) is 8.82. The lowest BCUT2D eigenvalue weighted by Crippen LogP contribution is -2.30.